The van der Waals surface area contributed by atoms with Crippen molar-refractivity contribution in [2.75, 3.05) is 5.73 Å². The molecule has 2 aromatic carbocycles. The molecular weight excluding hydrogens is 264 g/mol. The van der Waals surface area contributed by atoms with Gasteiger partial charge in [-0.3, -0.25) is 0 Å². The summed E-state index contributed by atoms with van der Waals surface area (Å²) in [5.41, 5.74) is 9.23. The summed E-state index contributed by atoms with van der Waals surface area (Å²) >= 11 is 0. The van der Waals surface area contributed by atoms with Crippen molar-refractivity contribution in [2.45, 2.75) is 26.2 Å². The Morgan fingerprint density at radius 2 is 1.90 bits per heavy atom. The molecule has 1 heterocycles. The van der Waals surface area contributed by atoms with Gasteiger partial charge < -0.3 is 15.3 Å². The highest BCUT2D eigenvalue weighted by molar-refractivity contribution is 5.80. The van der Waals surface area contributed by atoms with Crippen LogP contribution in [0.15, 0.2) is 40.8 Å². The molecule has 0 aliphatic carbocycles. The predicted molar refractivity (Wildman–Crippen MR) is 84.2 cm³/mol. The molecule has 0 aliphatic heterocycles. The Morgan fingerprint density at radius 3 is 2.62 bits per heavy atom. The van der Waals surface area contributed by atoms with E-state index in [0.29, 0.717) is 22.7 Å². The smallest absolute Gasteiger partial charge is 0.231 e. The minimum absolute atomic E-state index is 0.0000935. The zero-order chi connectivity index (χ0) is 15.2. The number of benzene rings is 2. The number of rotatable bonds is 1. The van der Waals surface area contributed by atoms with Gasteiger partial charge in [0.1, 0.15) is 5.52 Å². The van der Waals surface area contributed by atoms with Gasteiger partial charge in [0.25, 0.3) is 0 Å². The van der Waals surface area contributed by atoms with Gasteiger partial charge in [-0.15, -0.1) is 0 Å². The van der Waals surface area contributed by atoms with Gasteiger partial charge in [0.05, 0.1) is 11.3 Å². The van der Waals surface area contributed by atoms with Crippen molar-refractivity contribution in [3.63, 3.8) is 0 Å². The first-order chi connectivity index (χ1) is 9.86. The summed E-state index contributed by atoms with van der Waals surface area (Å²) in [6, 6.07) is 11.1. The lowest BCUT2D eigenvalue weighted by Crippen LogP contribution is -2.10. The molecule has 0 unspecified atom stereocenters. The van der Waals surface area contributed by atoms with E-state index < -0.39 is 0 Å². The molecule has 21 heavy (non-hydrogen) atoms. The number of nitrogens with two attached hydrogens (primary N) is 1. The van der Waals surface area contributed by atoms with Crippen molar-refractivity contribution in [2.24, 2.45) is 0 Å². The quantitative estimate of drug-likeness (QED) is 0.521. The maximum atomic E-state index is 10.0. The van der Waals surface area contributed by atoms with Gasteiger partial charge in [0.2, 0.25) is 5.89 Å². The first-order valence-electron chi connectivity index (χ1n) is 6.85. The van der Waals surface area contributed by atoms with E-state index in [2.05, 4.69) is 25.8 Å². The SMILES string of the molecule is CC(C)(C)c1ccc2oc(-c3cccc(N)c3O)nc2c1. The Morgan fingerprint density at radius 1 is 1.14 bits per heavy atom. The molecule has 0 saturated carbocycles. The molecule has 108 valence electrons. The van der Waals surface area contributed by atoms with Gasteiger partial charge in [0.15, 0.2) is 11.3 Å². The Kier molecular flexibility index (Phi) is 2.90. The zero-order valence-corrected chi connectivity index (χ0v) is 12.3. The Bertz CT molecular complexity index is 813. The van der Waals surface area contributed by atoms with Crippen molar-refractivity contribution in [1.29, 1.82) is 0 Å². The number of nitrogen functional groups attached to an aromatic ring is 1. The first-order valence-corrected chi connectivity index (χ1v) is 6.85. The molecule has 1 aromatic heterocycles. The van der Waals surface area contributed by atoms with Crippen LogP contribution >= 0.6 is 0 Å². The number of phenols is 1. The summed E-state index contributed by atoms with van der Waals surface area (Å²) in [7, 11) is 0. The number of phenolic OH excluding ortho intramolecular Hbond substituents is 1. The largest absolute Gasteiger partial charge is 0.505 e. The molecule has 0 bridgehead atoms. The van der Waals surface area contributed by atoms with Crippen LogP contribution in [0.4, 0.5) is 5.69 Å². The van der Waals surface area contributed by atoms with Crippen LogP contribution in [0.3, 0.4) is 0 Å². The summed E-state index contributed by atoms with van der Waals surface area (Å²) in [4.78, 5) is 4.48. The summed E-state index contributed by atoms with van der Waals surface area (Å²) in [6.07, 6.45) is 0. The Hall–Kier alpha value is -2.49. The highest BCUT2D eigenvalue weighted by atomic mass is 16.3. The average Bonchev–Trinajstić information content (AvgIpc) is 2.83. The average molecular weight is 282 g/mol. The molecule has 3 aromatic rings. The maximum Gasteiger partial charge on any atom is 0.231 e. The van der Waals surface area contributed by atoms with Gasteiger partial charge in [-0.1, -0.05) is 32.9 Å². The highest BCUT2D eigenvalue weighted by Gasteiger charge is 2.17. The standard InChI is InChI=1S/C17H18N2O2/c1-17(2,3)10-7-8-14-13(9-10)19-16(21-14)11-5-4-6-12(18)15(11)20/h4-9,20H,18H2,1-3H3. The summed E-state index contributed by atoms with van der Waals surface area (Å²) in [5, 5.41) is 10.0. The monoisotopic (exact) mass is 282 g/mol. The van der Waals surface area contributed by atoms with Crippen LogP contribution < -0.4 is 5.73 Å². The topological polar surface area (TPSA) is 72.3 Å². The van der Waals surface area contributed by atoms with Crippen LogP contribution in [0.2, 0.25) is 0 Å². The molecule has 0 radical (unpaired) electrons. The van der Waals surface area contributed by atoms with E-state index >= 15 is 0 Å². The fourth-order valence-corrected chi connectivity index (χ4v) is 2.24. The molecular formula is C17H18N2O2. The molecule has 0 fully saturated rings. The lowest BCUT2D eigenvalue weighted by molar-refractivity contribution is 0.476. The lowest BCUT2D eigenvalue weighted by Gasteiger charge is -2.18. The van der Waals surface area contributed by atoms with Crippen LogP contribution in [0.1, 0.15) is 26.3 Å². The number of aromatic hydroxyl groups is 1. The summed E-state index contributed by atoms with van der Waals surface area (Å²) in [6.45, 7) is 6.46. The van der Waals surface area contributed by atoms with Crippen LogP contribution in [0.5, 0.6) is 5.75 Å². The minimum atomic E-state index is 0.0000935. The van der Waals surface area contributed by atoms with E-state index in [1.165, 1.54) is 5.56 Å². The number of oxazole rings is 1. The van der Waals surface area contributed by atoms with Crippen molar-refractivity contribution in [1.82, 2.24) is 4.98 Å². The molecule has 0 spiro atoms. The third-order valence-corrected chi connectivity index (χ3v) is 3.55. The van der Waals surface area contributed by atoms with Gasteiger partial charge >= 0.3 is 0 Å². The summed E-state index contributed by atoms with van der Waals surface area (Å²) in [5.74, 6) is 0.376. The van der Waals surface area contributed by atoms with Crippen molar-refractivity contribution in [3.05, 3.63) is 42.0 Å². The number of fused-ring (bicyclic) bond motifs is 1. The number of hydrogen-bond donors (Lipinski definition) is 2. The number of nitrogens with zero attached hydrogens (tertiary/aromatic N) is 1. The van der Waals surface area contributed by atoms with Crippen LogP contribution in [0, 0.1) is 0 Å². The van der Waals surface area contributed by atoms with Gasteiger partial charge in [0, 0.05) is 0 Å². The second-order valence-electron chi connectivity index (χ2n) is 6.19. The zero-order valence-electron chi connectivity index (χ0n) is 12.3. The van der Waals surface area contributed by atoms with Crippen molar-refractivity contribution < 1.29 is 9.52 Å². The number of anilines is 1. The van der Waals surface area contributed by atoms with Gasteiger partial charge in [-0.05, 0) is 35.2 Å². The minimum Gasteiger partial charge on any atom is -0.505 e. The first kappa shape index (κ1) is 13.5. The molecule has 4 heteroatoms. The number of aromatic nitrogens is 1. The van der Waals surface area contributed by atoms with Crippen molar-refractivity contribution in [3.8, 4) is 17.2 Å². The van der Waals surface area contributed by atoms with E-state index in [-0.39, 0.29) is 11.2 Å². The maximum absolute atomic E-state index is 10.0. The van der Waals surface area contributed by atoms with Crippen molar-refractivity contribution >= 4 is 16.8 Å². The third kappa shape index (κ3) is 2.33. The van der Waals surface area contributed by atoms with Gasteiger partial charge in [-0.2, -0.15) is 0 Å². The summed E-state index contributed by atoms with van der Waals surface area (Å²) < 4.78 is 5.73. The highest BCUT2D eigenvalue weighted by Crippen LogP contribution is 2.35. The molecule has 0 aliphatic rings. The van der Waals surface area contributed by atoms with E-state index in [4.69, 9.17) is 10.2 Å². The van der Waals surface area contributed by atoms with Gasteiger partial charge in [-0.25, -0.2) is 4.98 Å². The molecule has 3 N–H and O–H groups in total. The Labute approximate surface area is 123 Å². The Balaban J connectivity index is 2.15. The van der Waals surface area contributed by atoms with E-state index in [1.807, 2.05) is 18.2 Å². The second-order valence-corrected chi connectivity index (χ2v) is 6.19. The molecule has 0 amide bonds. The van der Waals surface area contributed by atoms with E-state index in [0.717, 1.165) is 5.52 Å². The van der Waals surface area contributed by atoms with E-state index in [1.54, 1.807) is 18.2 Å². The fourth-order valence-electron chi connectivity index (χ4n) is 2.24. The van der Waals surface area contributed by atoms with Crippen LogP contribution in [-0.4, -0.2) is 10.1 Å². The molecule has 0 saturated heterocycles. The normalized spacial score (nSPS) is 12.0. The van der Waals surface area contributed by atoms with Crippen LogP contribution in [-0.2, 0) is 5.41 Å². The molecule has 3 rings (SSSR count). The number of para-hydroxylation sites is 1. The lowest BCUT2D eigenvalue weighted by atomic mass is 9.87. The van der Waals surface area contributed by atoms with Crippen LogP contribution in [0.25, 0.3) is 22.6 Å². The van der Waals surface area contributed by atoms with E-state index in [9.17, 15) is 5.11 Å². The second kappa shape index (κ2) is 4.52. The molecule has 0 atom stereocenters. The predicted octanol–water partition coefficient (Wildman–Crippen LogP) is 4.08. The number of hydrogen-bond acceptors (Lipinski definition) is 4. The fraction of sp³-hybridized carbons (Fsp3) is 0.235. The third-order valence-electron chi connectivity index (χ3n) is 3.55. The molecule has 4 nitrogen and oxygen atoms in total.